The SMILES string of the molecule is CS(=O)(=O)NCCc1ccc(-c2csc(-c3ccc(O)cc3)n2)cc1. The van der Waals surface area contributed by atoms with Crippen molar-refractivity contribution in [1.29, 1.82) is 0 Å². The summed E-state index contributed by atoms with van der Waals surface area (Å²) in [5.74, 6) is 0.237. The third kappa shape index (κ3) is 4.88. The number of aromatic hydroxyl groups is 1. The number of nitrogens with one attached hydrogen (secondary N) is 1. The third-order valence-electron chi connectivity index (χ3n) is 3.65. The number of nitrogens with zero attached hydrogens (tertiary/aromatic N) is 1. The Kier molecular flexibility index (Phi) is 5.17. The van der Waals surface area contributed by atoms with Crippen molar-refractivity contribution < 1.29 is 13.5 Å². The van der Waals surface area contributed by atoms with Crippen molar-refractivity contribution in [3.05, 3.63) is 59.5 Å². The minimum Gasteiger partial charge on any atom is -0.508 e. The first kappa shape index (κ1) is 17.6. The van der Waals surface area contributed by atoms with Crippen LogP contribution >= 0.6 is 11.3 Å². The van der Waals surface area contributed by atoms with Crippen LogP contribution in [0.5, 0.6) is 5.75 Å². The molecule has 0 saturated carbocycles. The highest BCUT2D eigenvalue weighted by Crippen LogP contribution is 2.29. The minimum absolute atomic E-state index is 0.237. The number of benzene rings is 2. The fourth-order valence-electron chi connectivity index (χ4n) is 2.37. The van der Waals surface area contributed by atoms with Gasteiger partial charge in [0.15, 0.2) is 0 Å². The Balaban J connectivity index is 1.69. The lowest BCUT2D eigenvalue weighted by atomic mass is 10.1. The highest BCUT2D eigenvalue weighted by Gasteiger charge is 2.07. The molecule has 1 aromatic heterocycles. The van der Waals surface area contributed by atoms with Crippen molar-refractivity contribution in [1.82, 2.24) is 9.71 Å². The van der Waals surface area contributed by atoms with Gasteiger partial charge in [0.05, 0.1) is 11.9 Å². The normalized spacial score (nSPS) is 11.6. The van der Waals surface area contributed by atoms with E-state index in [0.717, 1.165) is 33.6 Å². The lowest BCUT2D eigenvalue weighted by molar-refractivity contribution is 0.475. The van der Waals surface area contributed by atoms with Gasteiger partial charge in [0.1, 0.15) is 10.8 Å². The molecule has 0 aliphatic heterocycles. The van der Waals surface area contributed by atoms with Crippen molar-refractivity contribution >= 4 is 21.4 Å². The van der Waals surface area contributed by atoms with Crippen molar-refractivity contribution in [3.8, 4) is 27.6 Å². The highest BCUT2D eigenvalue weighted by molar-refractivity contribution is 7.88. The summed E-state index contributed by atoms with van der Waals surface area (Å²) in [5, 5.41) is 12.3. The van der Waals surface area contributed by atoms with E-state index in [1.165, 1.54) is 0 Å². The molecule has 130 valence electrons. The lowest BCUT2D eigenvalue weighted by Crippen LogP contribution is -2.24. The van der Waals surface area contributed by atoms with Crippen LogP contribution in [-0.2, 0) is 16.4 Å². The topological polar surface area (TPSA) is 79.3 Å². The van der Waals surface area contributed by atoms with E-state index in [0.29, 0.717) is 13.0 Å². The van der Waals surface area contributed by atoms with Gasteiger partial charge in [-0.1, -0.05) is 24.3 Å². The van der Waals surface area contributed by atoms with Crippen LogP contribution in [0.4, 0.5) is 0 Å². The summed E-state index contributed by atoms with van der Waals surface area (Å²) in [5.41, 5.74) is 3.95. The summed E-state index contributed by atoms with van der Waals surface area (Å²) in [4.78, 5) is 4.65. The first-order chi connectivity index (χ1) is 11.9. The number of hydrogen-bond acceptors (Lipinski definition) is 5. The molecule has 0 bridgehead atoms. The average Bonchev–Trinajstić information content (AvgIpc) is 3.05. The second kappa shape index (κ2) is 7.35. The molecule has 3 aromatic rings. The van der Waals surface area contributed by atoms with Gasteiger partial charge in [0.25, 0.3) is 0 Å². The van der Waals surface area contributed by atoms with Crippen LogP contribution in [-0.4, -0.2) is 31.3 Å². The van der Waals surface area contributed by atoms with Gasteiger partial charge in [-0.25, -0.2) is 18.1 Å². The van der Waals surface area contributed by atoms with Crippen LogP contribution in [0, 0.1) is 0 Å². The van der Waals surface area contributed by atoms with Crippen molar-refractivity contribution in [2.24, 2.45) is 0 Å². The number of thiazole rings is 1. The van der Waals surface area contributed by atoms with E-state index in [2.05, 4.69) is 9.71 Å². The third-order valence-corrected chi connectivity index (χ3v) is 5.27. The Morgan fingerprint density at radius 2 is 1.68 bits per heavy atom. The molecule has 0 aliphatic rings. The van der Waals surface area contributed by atoms with E-state index < -0.39 is 10.0 Å². The van der Waals surface area contributed by atoms with E-state index in [1.807, 2.05) is 41.8 Å². The molecule has 2 N–H and O–H groups in total. The molecular weight excluding hydrogens is 356 g/mol. The van der Waals surface area contributed by atoms with Gasteiger partial charge in [-0.05, 0) is 36.2 Å². The molecule has 0 aliphatic carbocycles. The maximum atomic E-state index is 11.1. The number of phenolic OH excluding ortho intramolecular Hbond substituents is 1. The quantitative estimate of drug-likeness (QED) is 0.694. The van der Waals surface area contributed by atoms with Gasteiger partial charge < -0.3 is 5.11 Å². The van der Waals surface area contributed by atoms with Gasteiger partial charge in [-0.3, -0.25) is 0 Å². The summed E-state index contributed by atoms with van der Waals surface area (Å²) in [6, 6.07) is 14.9. The maximum Gasteiger partial charge on any atom is 0.208 e. The highest BCUT2D eigenvalue weighted by atomic mass is 32.2. The monoisotopic (exact) mass is 374 g/mol. The molecular formula is C18H18N2O3S2. The maximum absolute atomic E-state index is 11.1. The number of sulfonamides is 1. The summed E-state index contributed by atoms with van der Waals surface area (Å²) in [7, 11) is -3.15. The molecule has 0 saturated heterocycles. The molecule has 0 spiro atoms. The van der Waals surface area contributed by atoms with E-state index in [-0.39, 0.29) is 5.75 Å². The molecule has 5 nitrogen and oxygen atoms in total. The molecule has 3 rings (SSSR count). The zero-order valence-corrected chi connectivity index (χ0v) is 15.3. The minimum atomic E-state index is -3.15. The molecule has 0 unspecified atom stereocenters. The second-order valence-corrected chi connectivity index (χ2v) is 8.39. The van der Waals surface area contributed by atoms with E-state index in [1.54, 1.807) is 23.5 Å². The number of rotatable bonds is 6. The molecule has 0 radical (unpaired) electrons. The number of hydrogen-bond donors (Lipinski definition) is 2. The van der Waals surface area contributed by atoms with E-state index >= 15 is 0 Å². The summed E-state index contributed by atoms with van der Waals surface area (Å²) in [6.07, 6.45) is 1.80. The number of aromatic nitrogens is 1. The van der Waals surface area contributed by atoms with Gasteiger partial charge in [-0.15, -0.1) is 11.3 Å². The molecule has 0 amide bonds. The average molecular weight is 374 g/mol. The van der Waals surface area contributed by atoms with Gasteiger partial charge in [0, 0.05) is 23.1 Å². The molecule has 0 fully saturated rings. The van der Waals surface area contributed by atoms with Gasteiger partial charge >= 0.3 is 0 Å². The lowest BCUT2D eigenvalue weighted by Gasteiger charge is -2.04. The first-order valence-corrected chi connectivity index (χ1v) is 10.5. The smallest absolute Gasteiger partial charge is 0.208 e. The Morgan fingerprint density at radius 1 is 1.04 bits per heavy atom. The second-order valence-electron chi connectivity index (χ2n) is 5.70. The van der Waals surface area contributed by atoms with Crippen LogP contribution in [0.1, 0.15) is 5.56 Å². The molecule has 7 heteroatoms. The van der Waals surface area contributed by atoms with Crippen LogP contribution in [0.15, 0.2) is 53.9 Å². The Morgan fingerprint density at radius 3 is 2.32 bits per heavy atom. The summed E-state index contributed by atoms with van der Waals surface area (Å²) in [6.45, 7) is 0.389. The summed E-state index contributed by atoms with van der Waals surface area (Å²) >= 11 is 1.55. The van der Waals surface area contributed by atoms with Crippen LogP contribution in [0.3, 0.4) is 0 Å². The van der Waals surface area contributed by atoms with E-state index in [4.69, 9.17) is 0 Å². The predicted molar refractivity (Wildman–Crippen MR) is 101 cm³/mol. The van der Waals surface area contributed by atoms with Gasteiger partial charge in [-0.2, -0.15) is 0 Å². The molecule has 1 heterocycles. The fraction of sp³-hybridized carbons (Fsp3) is 0.167. The zero-order chi connectivity index (χ0) is 17.9. The van der Waals surface area contributed by atoms with Gasteiger partial charge in [0.2, 0.25) is 10.0 Å². The van der Waals surface area contributed by atoms with Crippen LogP contribution < -0.4 is 4.72 Å². The fourth-order valence-corrected chi connectivity index (χ4v) is 3.67. The Labute approximate surface area is 151 Å². The largest absolute Gasteiger partial charge is 0.508 e. The summed E-state index contributed by atoms with van der Waals surface area (Å²) < 4.78 is 24.6. The molecule has 2 aromatic carbocycles. The first-order valence-electron chi connectivity index (χ1n) is 7.69. The van der Waals surface area contributed by atoms with Crippen LogP contribution in [0.2, 0.25) is 0 Å². The Hall–Kier alpha value is -2.22. The predicted octanol–water partition coefficient (Wildman–Crippen LogP) is 3.27. The Bertz CT molecular complexity index is 947. The van der Waals surface area contributed by atoms with Crippen molar-refractivity contribution in [3.63, 3.8) is 0 Å². The zero-order valence-electron chi connectivity index (χ0n) is 13.6. The standard InChI is InChI=1S/C18H18N2O3S2/c1-25(22,23)19-11-10-13-2-4-14(5-3-13)17-12-24-18(20-17)15-6-8-16(21)9-7-15/h2-9,12,19,21H,10-11H2,1H3. The van der Waals surface area contributed by atoms with Crippen molar-refractivity contribution in [2.45, 2.75) is 6.42 Å². The van der Waals surface area contributed by atoms with Crippen LogP contribution in [0.25, 0.3) is 21.8 Å². The van der Waals surface area contributed by atoms with E-state index in [9.17, 15) is 13.5 Å². The molecule has 25 heavy (non-hydrogen) atoms. The molecule has 0 atom stereocenters. The number of phenols is 1. The van der Waals surface area contributed by atoms with Crippen molar-refractivity contribution in [2.75, 3.05) is 12.8 Å².